The number of para-hydroxylation sites is 2. The molecule has 1 heterocycles. The Hall–Kier alpha value is -4.40. The van der Waals surface area contributed by atoms with Gasteiger partial charge in [-0.1, -0.05) is 91.0 Å². The van der Waals surface area contributed by atoms with Crippen LogP contribution in [-0.4, -0.2) is 0 Å². The van der Waals surface area contributed by atoms with Gasteiger partial charge in [-0.3, -0.25) is 0 Å². The van der Waals surface area contributed by atoms with Crippen LogP contribution >= 0.6 is 11.3 Å². The Morgan fingerprint density at radius 3 is 1.89 bits per heavy atom. The van der Waals surface area contributed by atoms with Crippen molar-refractivity contribution in [2.24, 2.45) is 0 Å². The molecule has 0 radical (unpaired) electrons. The van der Waals surface area contributed by atoms with Gasteiger partial charge in [0, 0.05) is 37.2 Å². The van der Waals surface area contributed by atoms with Crippen LogP contribution in [0, 0.1) is 0 Å². The molecule has 2 heteroatoms. The van der Waals surface area contributed by atoms with Gasteiger partial charge >= 0.3 is 0 Å². The Balaban J connectivity index is 1.48. The van der Waals surface area contributed by atoms with Gasteiger partial charge in [-0.05, 0) is 70.4 Å². The Morgan fingerprint density at radius 1 is 0.444 bits per heavy atom. The number of nitrogens with zero attached hydrogens (tertiary/aromatic N) is 1. The summed E-state index contributed by atoms with van der Waals surface area (Å²) in [5.41, 5.74) is 5.92. The minimum absolute atomic E-state index is 1.14. The second-order valence-corrected chi connectivity index (χ2v) is 10.1. The molecule has 1 nitrogen and oxygen atoms in total. The van der Waals surface area contributed by atoms with Crippen molar-refractivity contribution in [3.63, 3.8) is 0 Å². The van der Waals surface area contributed by atoms with Crippen LogP contribution in [0.1, 0.15) is 0 Å². The lowest BCUT2D eigenvalue weighted by Crippen LogP contribution is -2.09. The first kappa shape index (κ1) is 20.9. The topological polar surface area (TPSA) is 3.24 Å². The van der Waals surface area contributed by atoms with E-state index in [1.807, 2.05) is 11.3 Å². The highest BCUT2D eigenvalue weighted by atomic mass is 32.1. The lowest BCUT2D eigenvalue weighted by Gasteiger charge is -2.26. The van der Waals surface area contributed by atoms with E-state index in [-0.39, 0.29) is 0 Å². The van der Waals surface area contributed by atoms with Crippen molar-refractivity contribution in [3.8, 4) is 11.1 Å². The number of anilines is 3. The zero-order valence-electron chi connectivity index (χ0n) is 19.6. The van der Waals surface area contributed by atoms with Crippen LogP contribution in [0.2, 0.25) is 0 Å². The molecule has 36 heavy (non-hydrogen) atoms. The SMILES string of the molecule is c1ccc(N(c2ccccc2)c2cccc(-c3cccc4ccc5sc6ccccc6c5c34)c2)cc1. The maximum atomic E-state index is 2.32. The molecule has 0 aliphatic heterocycles. The van der Waals surface area contributed by atoms with Crippen LogP contribution in [0.15, 0.2) is 140 Å². The zero-order chi connectivity index (χ0) is 23.9. The van der Waals surface area contributed by atoms with Crippen molar-refractivity contribution in [2.45, 2.75) is 0 Å². The molecule has 0 bridgehead atoms. The van der Waals surface area contributed by atoms with Crippen molar-refractivity contribution in [2.75, 3.05) is 4.90 Å². The fourth-order valence-electron chi connectivity index (χ4n) is 5.25. The summed E-state index contributed by atoms with van der Waals surface area (Å²) in [6, 6.07) is 50.1. The maximum absolute atomic E-state index is 2.32. The third-order valence-corrected chi connectivity index (χ3v) is 7.96. The van der Waals surface area contributed by atoms with Crippen molar-refractivity contribution in [3.05, 3.63) is 140 Å². The molecule has 1 aromatic heterocycles. The predicted octanol–water partition coefficient (Wildman–Crippen LogP) is 10.3. The summed E-state index contributed by atoms with van der Waals surface area (Å²) in [6.45, 7) is 0. The van der Waals surface area contributed by atoms with Crippen molar-refractivity contribution >= 4 is 59.3 Å². The molecule has 7 rings (SSSR count). The van der Waals surface area contributed by atoms with Gasteiger partial charge in [-0.15, -0.1) is 11.3 Å². The van der Waals surface area contributed by atoms with Crippen LogP contribution in [0.3, 0.4) is 0 Å². The first-order chi connectivity index (χ1) is 17.9. The van der Waals surface area contributed by atoms with E-state index in [0.29, 0.717) is 0 Å². The maximum Gasteiger partial charge on any atom is 0.0467 e. The molecular weight excluding hydrogens is 454 g/mol. The van der Waals surface area contributed by atoms with Crippen molar-refractivity contribution < 1.29 is 0 Å². The normalized spacial score (nSPS) is 11.3. The number of hydrogen-bond acceptors (Lipinski definition) is 2. The summed E-state index contributed by atoms with van der Waals surface area (Å²) in [4.78, 5) is 2.32. The second kappa shape index (κ2) is 8.67. The molecule has 0 aliphatic carbocycles. The van der Waals surface area contributed by atoms with Crippen molar-refractivity contribution in [1.29, 1.82) is 0 Å². The lowest BCUT2D eigenvalue weighted by molar-refractivity contribution is 1.28. The first-order valence-electron chi connectivity index (χ1n) is 12.2. The van der Waals surface area contributed by atoms with Crippen LogP contribution < -0.4 is 4.90 Å². The van der Waals surface area contributed by atoms with Gasteiger partial charge in [0.05, 0.1) is 0 Å². The van der Waals surface area contributed by atoms with Gasteiger partial charge in [0.15, 0.2) is 0 Å². The third-order valence-electron chi connectivity index (χ3n) is 6.83. The number of benzene rings is 6. The van der Waals surface area contributed by atoms with Gasteiger partial charge in [0.1, 0.15) is 0 Å². The van der Waals surface area contributed by atoms with E-state index in [0.717, 1.165) is 17.1 Å². The third kappa shape index (κ3) is 3.46. The Kier molecular flexibility index (Phi) is 5.04. The number of rotatable bonds is 4. The number of thiophene rings is 1. The van der Waals surface area contributed by atoms with E-state index in [9.17, 15) is 0 Å². The molecule has 0 spiro atoms. The molecule has 0 unspecified atom stereocenters. The minimum Gasteiger partial charge on any atom is -0.310 e. The fraction of sp³-hybridized carbons (Fsp3) is 0. The summed E-state index contributed by atoms with van der Waals surface area (Å²) in [5, 5.41) is 5.30. The van der Waals surface area contributed by atoms with E-state index < -0.39 is 0 Å². The molecule has 0 N–H and O–H groups in total. The Labute approximate surface area is 214 Å². The fourth-order valence-corrected chi connectivity index (χ4v) is 6.36. The summed E-state index contributed by atoms with van der Waals surface area (Å²) < 4.78 is 2.67. The van der Waals surface area contributed by atoms with Gasteiger partial charge in [0.25, 0.3) is 0 Å². The number of fused-ring (bicyclic) bond motifs is 5. The predicted molar refractivity (Wildman–Crippen MR) is 157 cm³/mol. The number of hydrogen-bond donors (Lipinski definition) is 0. The van der Waals surface area contributed by atoms with Gasteiger partial charge < -0.3 is 4.90 Å². The lowest BCUT2D eigenvalue weighted by atomic mass is 9.94. The largest absolute Gasteiger partial charge is 0.310 e. The van der Waals surface area contributed by atoms with E-state index >= 15 is 0 Å². The summed E-state index contributed by atoms with van der Waals surface area (Å²) in [5.74, 6) is 0. The molecule has 0 amide bonds. The van der Waals surface area contributed by atoms with Crippen molar-refractivity contribution in [1.82, 2.24) is 0 Å². The van der Waals surface area contributed by atoms with E-state index in [2.05, 4.69) is 144 Å². The highest BCUT2D eigenvalue weighted by Crippen LogP contribution is 2.43. The first-order valence-corrected chi connectivity index (χ1v) is 13.0. The average Bonchev–Trinajstić information content (AvgIpc) is 3.33. The van der Waals surface area contributed by atoms with Gasteiger partial charge in [-0.25, -0.2) is 0 Å². The van der Waals surface area contributed by atoms with Gasteiger partial charge in [0.2, 0.25) is 0 Å². The minimum atomic E-state index is 1.14. The summed E-state index contributed by atoms with van der Waals surface area (Å²) in [7, 11) is 0. The monoisotopic (exact) mass is 477 g/mol. The van der Waals surface area contributed by atoms with Crippen LogP contribution in [0.5, 0.6) is 0 Å². The summed E-state index contributed by atoms with van der Waals surface area (Å²) in [6.07, 6.45) is 0. The highest BCUT2D eigenvalue weighted by Gasteiger charge is 2.16. The van der Waals surface area contributed by atoms with Crippen LogP contribution in [-0.2, 0) is 0 Å². The molecule has 7 aromatic rings. The Morgan fingerprint density at radius 2 is 1.11 bits per heavy atom. The molecule has 0 atom stereocenters. The quantitative estimate of drug-likeness (QED) is 0.244. The molecule has 0 aliphatic rings. The second-order valence-electron chi connectivity index (χ2n) is 9.00. The van der Waals surface area contributed by atoms with E-state index in [1.54, 1.807) is 0 Å². The molecule has 0 fully saturated rings. The molecule has 0 saturated heterocycles. The highest BCUT2D eigenvalue weighted by molar-refractivity contribution is 7.26. The molecular formula is C34H23NS. The zero-order valence-corrected chi connectivity index (χ0v) is 20.5. The molecule has 0 saturated carbocycles. The summed E-state index contributed by atoms with van der Waals surface area (Å²) >= 11 is 1.87. The standard InChI is InChI=1S/C34H23NS/c1-3-13-26(14-4-1)35(27-15-5-2-6-16-27)28-17-9-12-25(23-28)29-19-10-11-24-21-22-32-34(33(24)29)30-18-7-8-20-31(30)36-32/h1-23H. The average molecular weight is 478 g/mol. The van der Waals surface area contributed by atoms with Crippen LogP contribution in [0.25, 0.3) is 42.1 Å². The Bertz CT molecular complexity index is 1790. The van der Waals surface area contributed by atoms with E-state index in [1.165, 1.54) is 42.1 Å². The van der Waals surface area contributed by atoms with Gasteiger partial charge in [-0.2, -0.15) is 0 Å². The van der Waals surface area contributed by atoms with E-state index in [4.69, 9.17) is 0 Å². The molecule has 6 aromatic carbocycles. The molecule has 170 valence electrons. The smallest absolute Gasteiger partial charge is 0.0467 e. The van der Waals surface area contributed by atoms with Crippen LogP contribution in [0.4, 0.5) is 17.1 Å².